The van der Waals surface area contributed by atoms with Gasteiger partial charge in [0.1, 0.15) is 0 Å². The van der Waals surface area contributed by atoms with E-state index in [0.29, 0.717) is 5.54 Å². The zero-order chi connectivity index (χ0) is 13.0. The molecular formula is C15H31N3. The van der Waals surface area contributed by atoms with E-state index in [-0.39, 0.29) is 0 Å². The maximum Gasteiger partial charge on any atom is 0.0304 e. The van der Waals surface area contributed by atoms with Gasteiger partial charge in [0.15, 0.2) is 0 Å². The van der Waals surface area contributed by atoms with Crippen LogP contribution in [-0.4, -0.2) is 61.7 Å². The molecule has 0 saturated carbocycles. The van der Waals surface area contributed by atoms with Gasteiger partial charge in [-0.1, -0.05) is 13.8 Å². The van der Waals surface area contributed by atoms with Crippen molar-refractivity contribution in [1.82, 2.24) is 15.1 Å². The molecule has 0 aromatic rings. The van der Waals surface area contributed by atoms with E-state index in [0.717, 1.165) is 5.92 Å². The minimum absolute atomic E-state index is 0.388. The summed E-state index contributed by atoms with van der Waals surface area (Å²) in [7, 11) is 2.27. The van der Waals surface area contributed by atoms with Crippen LogP contribution in [0.5, 0.6) is 0 Å². The average Bonchev–Trinajstić information content (AvgIpc) is 2.39. The van der Waals surface area contributed by atoms with E-state index < -0.39 is 0 Å². The summed E-state index contributed by atoms with van der Waals surface area (Å²) in [6, 6.07) is 0. The van der Waals surface area contributed by atoms with Crippen LogP contribution in [0, 0.1) is 5.92 Å². The SMILES string of the molecule is CCC1(CC)CN(CC2CCCN(C)C2)CCN1. The topological polar surface area (TPSA) is 18.5 Å². The van der Waals surface area contributed by atoms with Gasteiger partial charge in [-0.2, -0.15) is 0 Å². The van der Waals surface area contributed by atoms with E-state index in [9.17, 15) is 0 Å². The third kappa shape index (κ3) is 3.46. The lowest BCUT2D eigenvalue weighted by atomic mass is 9.89. The van der Waals surface area contributed by atoms with Crippen molar-refractivity contribution in [2.24, 2.45) is 5.92 Å². The number of piperazine rings is 1. The van der Waals surface area contributed by atoms with Crippen molar-refractivity contribution in [1.29, 1.82) is 0 Å². The molecule has 2 heterocycles. The zero-order valence-electron chi connectivity index (χ0n) is 12.5. The van der Waals surface area contributed by atoms with Crippen LogP contribution in [0.2, 0.25) is 0 Å². The highest BCUT2D eigenvalue weighted by atomic mass is 15.2. The maximum absolute atomic E-state index is 3.76. The maximum atomic E-state index is 3.76. The number of piperidine rings is 1. The first kappa shape index (κ1) is 14.3. The molecule has 2 rings (SSSR count). The molecule has 0 amide bonds. The molecule has 2 aliphatic rings. The van der Waals surface area contributed by atoms with Crippen LogP contribution in [0.1, 0.15) is 39.5 Å². The van der Waals surface area contributed by atoms with Gasteiger partial charge in [-0.15, -0.1) is 0 Å². The van der Waals surface area contributed by atoms with E-state index in [1.54, 1.807) is 0 Å². The fraction of sp³-hybridized carbons (Fsp3) is 1.00. The molecule has 0 aliphatic carbocycles. The first-order chi connectivity index (χ1) is 8.67. The Hall–Kier alpha value is -0.120. The quantitative estimate of drug-likeness (QED) is 0.824. The normalized spacial score (nSPS) is 30.5. The van der Waals surface area contributed by atoms with Crippen LogP contribution in [0.15, 0.2) is 0 Å². The molecule has 0 bridgehead atoms. The molecule has 2 fully saturated rings. The van der Waals surface area contributed by atoms with Crippen LogP contribution < -0.4 is 5.32 Å². The van der Waals surface area contributed by atoms with Gasteiger partial charge in [-0.25, -0.2) is 0 Å². The van der Waals surface area contributed by atoms with Gasteiger partial charge >= 0.3 is 0 Å². The summed E-state index contributed by atoms with van der Waals surface area (Å²) in [5.41, 5.74) is 0.388. The molecule has 0 aromatic heterocycles. The molecule has 0 radical (unpaired) electrons. The monoisotopic (exact) mass is 253 g/mol. The summed E-state index contributed by atoms with van der Waals surface area (Å²) >= 11 is 0. The summed E-state index contributed by atoms with van der Waals surface area (Å²) < 4.78 is 0. The first-order valence-corrected chi connectivity index (χ1v) is 7.83. The number of likely N-dealkylation sites (tertiary alicyclic amines) is 1. The molecule has 1 N–H and O–H groups in total. The van der Waals surface area contributed by atoms with Crippen molar-refractivity contribution >= 4 is 0 Å². The summed E-state index contributed by atoms with van der Waals surface area (Å²) in [5.74, 6) is 0.897. The Morgan fingerprint density at radius 3 is 2.67 bits per heavy atom. The summed E-state index contributed by atoms with van der Waals surface area (Å²) in [6.45, 7) is 12.2. The molecule has 2 saturated heterocycles. The van der Waals surface area contributed by atoms with Crippen molar-refractivity contribution in [3.8, 4) is 0 Å². The first-order valence-electron chi connectivity index (χ1n) is 7.83. The second-order valence-electron chi connectivity index (χ2n) is 6.42. The highest BCUT2D eigenvalue weighted by Crippen LogP contribution is 2.22. The molecule has 1 unspecified atom stereocenters. The number of nitrogens with zero attached hydrogens (tertiary/aromatic N) is 2. The van der Waals surface area contributed by atoms with Gasteiger partial charge in [0.25, 0.3) is 0 Å². The zero-order valence-corrected chi connectivity index (χ0v) is 12.5. The smallest absolute Gasteiger partial charge is 0.0304 e. The van der Waals surface area contributed by atoms with Gasteiger partial charge < -0.3 is 10.2 Å². The lowest BCUT2D eigenvalue weighted by Crippen LogP contribution is -2.60. The Labute approximate surface area is 113 Å². The standard InChI is InChI=1S/C15H31N3/c1-4-15(5-2)13-18(10-8-16-15)12-14-7-6-9-17(3)11-14/h14,16H,4-13H2,1-3H3. The van der Waals surface area contributed by atoms with Gasteiger partial charge in [-0.05, 0) is 45.2 Å². The molecular weight excluding hydrogens is 222 g/mol. The number of hydrogen-bond acceptors (Lipinski definition) is 3. The lowest BCUT2D eigenvalue weighted by Gasteiger charge is -2.45. The Bertz CT molecular complexity index is 250. The van der Waals surface area contributed by atoms with Crippen LogP contribution in [0.3, 0.4) is 0 Å². The fourth-order valence-electron chi connectivity index (χ4n) is 3.71. The number of rotatable bonds is 4. The van der Waals surface area contributed by atoms with E-state index >= 15 is 0 Å². The van der Waals surface area contributed by atoms with Gasteiger partial charge in [-0.3, -0.25) is 4.90 Å². The van der Waals surface area contributed by atoms with E-state index in [1.807, 2.05) is 0 Å². The molecule has 0 aromatic carbocycles. The largest absolute Gasteiger partial charge is 0.309 e. The van der Waals surface area contributed by atoms with Gasteiger partial charge in [0.05, 0.1) is 0 Å². The Kier molecular flexibility index (Phi) is 5.05. The van der Waals surface area contributed by atoms with Crippen molar-refractivity contribution < 1.29 is 0 Å². The second kappa shape index (κ2) is 6.36. The highest BCUT2D eigenvalue weighted by molar-refractivity contribution is 4.93. The molecule has 3 nitrogen and oxygen atoms in total. The van der Waals surface area contributed by atoms with Crippen LogP contribution in [0.4, 0.5) is 0 Å². The summed E-state index contributed by atoms with van der Waals surface area (Å²) in [6.07, 6.45) is 5.33. The third-order valence-corrected chi connectivity index (χ3v) is 5.05. The van der Waals surface area contributed by atoms with Crippen molar-refractivity contribution in [3.05, 3.63) is 0 Å². The van der Waals surface area contributed by atoms with Crippen molar-refractivity contribution in [2.75, 3.05) is 46.3 Å². The van der Waals surface area contributed by atoms with E-state index in [4.69, 9.17) is 0 Å². The number of nitrogens with one attached hydrogen (secondary N) is 1. The van der Waals surface area contributed by atoms with Gasteiger partial charge in [0.2, 0.25) is 0 Å². The Morgan fingerprint density at radius 1 is 1.22 bits per heavy atom. The molecule has 0 spiro atoms. The lowest BCUT2D eigenvalue weighted by molar-refractivity contribution is 0.0881. The number of hydrogen-bond donors (Lipinski definition) is 1. The summed E-state index contributed by atoms with van der Waals surface area (Å²) in [5, 5.41) is 3.76. The second-order valence-corrected chi connectivity index (χ2v) is 6.42. The Balaban J connectivity index is 1.85. The van der Waals surface area contributed by atoms with Crippen molar-refractivity contribution in [3.63, 3.8) is 0 Å². The fourth-order valence-corrected chi connectivity index (χ4v) is 3.71. The molecule has 18 heavy (non-hydrogen) atoms. The highest BCUT2D eigenvalue weighted by Gasteiger charge is 2.32. The third-order valence-electron chi connectivity index (χ3n) is 5.05. The van der Waals surface area contributed by atoms with Crippen molar-refractivity contribution in [2.45, 2.75) is 45.1 Å². The van der Waals surface area contributed by atoms with Gasteiger partial charge in [0, 0.05) is 38.3 Å². The predicted octanol–water partition coefficient (Wildman–Crippen LogP) is 1.79. The predicted molar refractivity (Wildman–Crippen MR) is 78.0 cm³/mol. The summed E-state index contributed by atoms with van der Waals surface area (Å²) in [4.78, 5) is 5.22. The molecule has 106 valence electrons. The average molecular weight is 253 g/mol. The molecule has 1 atom stereocenters. The van der Waals surface area contributed by atoms with E-state index in [2.05, 4.69) is 36.0 Å². The molecule has 2 aliphatic heterocycles. The minimum Gasteiger partial charge on any atom is -0.309 e. The Morgan fingerprint density at radius 2 is 2.00 bits per heavy atom. The van der Waals surface area contributed by atoms with Crippen LogP contribution in [0.25, 0.3) is 0 Å². The minimum atomic E-state index is 0.388. The van der Waals surface area contributed by atoms with Crippen LogP contribution >= 0.6 is 0 Å². The van der Waals surface area contributed by atoms with E-state index in [1.165, 1.54) is 65.0 Å². The molecule has 3 heteroatoms. The van der Waals surface area contributed by atoms with Crippen LogP contribution in [-0.2, 0) is 0 Å².